The first-order valence-corrected chi connectivity index (χ1v) is 9.13. The summed E-state index contributed by atoms with van der Waals surface area (Å²) in [7, 11) is 0. The third-order valence-electron chi connectivity index (χ3n) is 4.95. The first-order chi connectivity index (χ1) is 13.8. The molecule has 2 N–H and O–H groups in total. The Balaban J connectivity index is 1.42. The summed E-state index contributed by atoms with van der Waals surface area (Å²) in [5, 5.41) is 8.42. The van der Waals surface area contributed by atoms with E-state index in [-0.39, 0.29) is 0 Å². The van der Waals surface area contributed by atoms with E-state index in [4.69, 9.17) is 5.73 Å². The number of nitrogens with two attached hydrogens (primary N) is 1. The van der Waals surface area contributed by atoms with Crippen LogP contribution in [-0.4, -0.2) is 56.1 Å². The van der Waals surface area contributed by atoms with Crippen LogP contribution in [0.2, 0.25) is 0 Å². The van der Waals surface area contributed by atoms with E-state index < -0.39 is 0 Å². The maximum Gasteiger partial charge on any atom is 0.184 e. The Morgan fingerprint density at radius 2 is 1.54 bits per heavy atom. The lowest BCUT2D eigenvalue weighted by molar-refractivity contribution is 0.641. The number of rotatable bonds is 3. The predicted molar refractivity (Wildman–Crippen MR) is 108 cm³/mol. The van der Waals surface area contributed by atoms with E-state index in [9.17, 15) is 0 Å². The number of benzene rings is 1. The van der Waals surface area contributed by atoms with Crippen LogP contribution in [0.3, 0.4) is 0 Å². The number of hydrogen-bond donors (Lipinski definition) is 1. The molecule has 5 rings (SSSR count). The SMILES string of the molecule is Nc1c(N2CCN(c3ccccn3)CC2)ncnc1-n1nnc2ccccc21. The number of aromatic nitrogens is 6. The van der Waals surface area contributed by atoms with Gasteiger partial charge in [0.05, 0.1) is 5.52 Å². The van der Waals surface area contributed by atoms with Crippen molar-refractivity contribution in [2.45, 2.75) is 0 Å². The monoisotopic (exact) mass is 373 g/mol. The molecule has 0 atom stereocenters. The molecule has 1 aliphatic rings. The Morgan fingerprint density at radius 1 is 0.786 bits per heavy atom. The Hall–Kier alpha value is -3.75. The van der Waals surface area contributed by atoms with Crippen LogP contribution >= 0.6 is 0 Å². The molecule has 0 aliphatic carbocycles. The van der Waals surface area contributed by atoms with Crippen molar-refractivity contribution in [3.05, 3.63) is 55.0 Å². The minimum atomic E-state index is 0.504. The highest BCUT2D eigenvalue weighted by molar-refractivity contribution is 5.79. The van der Waals surface area contributed by atoms with E-state index in [0.717, 1.165) is 48.8 Å². The Bertz CT molecular complexity index is 1100. The molecular formula is C19H19N9. The normalized spacial score (nSPS) is 14.6. The summed E-state index contributed by atoms with van der Waals surface area (Å²) in [6.07, 6.45) is 3.35. The summed E-state index contributed by atoms with van der Waals surface area (Å²) in [5.41, 5.74) is 8.62. The summed E-state index contributed by atoms with van der Waals surface area (Å²) >= 11 is 0. The lowest BCUT2D eigenvalue weighted by Gasteiger charge is -2.36. The van der Waals surface area contributed by atoms with Gasteiger partial charge in [-0.05, 0) is 24.3 Å². The van der Waals surface area contributed by atoms with Crippen molar-refractivity contribution in [2.24, 2.45) is 0 Å². The fourth-order valence-electron chi connectivity index (χ4n) is 3.51. The Morgan fingerprint density at radius 3 is 2.36 bits per heavy atom. The van der Waals surface area contributed by atoms with E-state index in [2.05, 4.69) is 35.1 Å². The van der Waals surface area contributed by atoms with Gasteiger partial charge >= 0.3 is 0 Å². The second-order valence-corrected chi connectivity index (χ2v) is 6.59. The second-order valence-electron chi connectivity index (χ2n) is 6.59. The summed E-state index contributed by atoms with van der Waals surface area (Å²) in [5.74, 6) is 2.27. The summed E-state index contributed by atoms with van der Waals surface area (Å²) in [6, 6.07) is 13.7. The van der Waals surface area contributed by atoms with Crippen LogP contribution in [0.15, 0.2) is 55.0 Å². The van der Waals surface area contributed by atoms with Gasteiger partial charge < -0.3 is 15.5 Å². The molecule has 3 aromatic heterocycles. The highest BCUT2D eigenvalue weighted by atomic mass is 15.5. The minimum absolute atomic E-state index is 0.504. The molecule has 0 bridgehead atoms. The molecule has 9 heteroatoms. The third-order valence-corrected chi connectivity index (χ3v) is 4.95. The topological polar surface area (TPSA) is 102 Å². The highest BCUT2D eigenvalue weighted by Crippen LogP contribution is 2.28. The van der Waals surface area contributed by atoms with Gasteiger partial charge in [0.2, 0.25) is 0 Å². The van der Waals surface area contributed by atoms with E-state index in [1.54, 1.807) is 4.68 Å². The maximum atomic E-state index is 6.46. The molecule has 0 radical (unpaired) electrons. The zero-order chi connectivity index (χ0) is 18.9. The van der Waals surface area contributed by atoms with Gasteiger partial charge in [0.1, 0.15) is 23.3 Å². The zero-order valence-electron chi connectivity index (χ0n) is 15.2. The average Bonchev–Trinajstić information content (AvgIpc) is 3.19. The van der Waals surface area contributed by atoms with Crippen molar-refractivity contribution >= 4 is 28.4 Å². The van der Waals surface area contributed by atoms with Gasteiger partial charge in [-0.3, -0.25) is 0 Å². The molecule has 9 nitrogen and oxygen atoms in total. The molecule has 1 saturated heterocycles. The van der Waals surface area contributed by atoms with Gasteiger partial charge in [0, 0.05) is 32.4 Å². The lowest BCUT2D eigenvalue weighted by atomic mass is 10.2. The minimum Gasteiger partial charge on any atom is -0.393 e. The molecule has 1 aliphatic heterocycles. The molecule has 0 saturated carbocycles. The number of para-hydroxylation sites is 1. The summed E-state index contributed by atoms with van der Waals surface area (Å²) in [6.45, 7) is 3.30. The molecule has 4 heterocycles. The molecule has 4 aromatic rings. The maximum absolute atomic E-state index is 6.46. The summed E-state index contributed by atoms with van der Waals surface area (Å²) < 4.78 is 1.67. The first-order valence-electron chi connectivity index (χ1n) is 9.13. The van der Waals surface area contributed by atoms with Crippen LogP contribution in [0.5, 0.6) is 0 Å². The van der Waals surface area contributed by atoms with Crippen molar-refractivity contribution in [3.8, 4) is 5.82 Å². The number of hydrogen-bond acceptors (Lipinski definition) is 8. The summed E-state index contributed by atoms with van der Waals surface area (Å²) in [4.78, 5) is 17.7. The van der Waals surface area contributed by atoms with Crippen molar-refractivity contribution in [2.75, 3.05) is 41.7 Å². The van der Waals surface area contributed by atoms with Crippen LogP contribution in [0.4, 0.5) is 17.3 Å². The van der Waals surface area contributed by atoms with Crippen molar-refractivity contribution in [3.63, 3.8) is 0 Å². The lowest BCUT2D eigenvalue weighted by Crippen LogP contribution is -2.47. The highest BCUT2D eigenvalue weighted by Gasteiger charge is 2.23. The average molecular weight is 373 g/mol. The number of piperazine rings is 1. The van der Waals surface area contributed by atoms with Crippen LogP contribution < -0.4 is 15.5 Å². The van der Waals surface area contributed by atoms with Gasteiger partial charge in [0.25, 0.3) is 0 Å². The van der Waals surface area contributed by atoms with Gasteiger partial charge in [-0.1, -0.05) is 23.4 Å². The van der Waals surface area contributed by atoms with E-state index in [1.807, 2.05) is 48.7 Å². The third kappa shape index (κ3) is 2.77. The smallest absolute Gasteiger partial charge is 0.184 e. The number of anilines is 3. The molecule has 28 heavy (non-hydrogen) atoms. The number of pyridine rings is 1. The van der Waals surface area contributed by atoms with Gasteiger partial charge in [-0.25, -0.2) is 15.0 Å². The fraction of sp³-hybridized carbons (Fsp3) is 0.211. The number of fused-ring (bicyclic) bond motifs is 1. The molecular weight excluding hydrogens is 354 g/mol. The van der Waals surface area contributed by atoms with Gasteiger partial charge in [-0.2, -0.15) is 4.68 Å². The fourth-order valence-corrected chi connectivity index (χ4v) is 3.51. The standard InChI is InChI=1S/C19H19N9/c20-17-18(27-11-9-26(10-12-27)16-7-3-4-8-21-16)22-13-23-19(17)28-15-6-2-1-5-14(15)24-25-28/h1-8,13H,9-12,20H2. The molecule has 1 aromatic carbocycles. The number of nitrogens with zero attached hydrogens (tertiary/aromatic N) is 8. The molecule has 140 valence electrons. The quantitative estimate of drug-likeness (QED) is 0.577. The number of nitrogen functional groups attached to an aromatic ring is 1. The van der Waals surface area contributed by atoms with Crippen LogP contribution in [0.1, 0.15) is 0 Å². The van der Waals surface area contributed by atoms with E-state index in [0.29, 0.717) is 11.5 Å². The van der Waals surface area contributed by atoms with Crippen LogP contribution in [-0.2, 0) is 0 Å². The largest absolute Gasteiger partial charge is 0.393 e. The van der Waals surface area contributed by atoms with Gasteiger partial charge in [-0.15, -0.1) is 5.10 Å². The Labute approximate surface area is 161 Å². The predicted octanol–water partition coefficient (Wildman–Crippen LogP) is 1.51. The van der Waals surface area contributed by atoms with Gasteiger partial charge in [0.15, 0.2) is 11.6 Å². The second kappa shape index (κ2) is 6.76. The first kappa shape index (κ1) is 16.4. The molecule has 0 amide bonds. The molecule has 0 unspecified atom stereocenters. The van der Waals surface area contributed by atoms with Crippen molar-refractivity contribution < 1.29 is 0 Å². The van der Waals surface area contributed by atoms with Crippen LogP contribution in [0.25, 0.3) is 16.9 Å². The van der Waals surface area contributed by atoms with Crippen LogP contribution in [0, 0.1) is 0 Å². The van der Waals surface area contributed by atoms with E-state index in [1.165, 1.54) is 6.33 Å². The van der Waals surface area contributed by atoms with Crippen molar-refractivity contribution in [1.82, 2.24) is 29.9 Å². The molecule has 1 fully saturated rings. The Kier molecular flexibility index (Phi) is 3.97. The van der Waals surface area contributed by atoms with E-state index >= 15 is 0 Å². The molecule has 0 spiro atoms. The zero-order valence-corrected chi connectivity index (χ0v) is 15.2. The van der Waals surface area contributed by atoms with Crippen molar-refractivity contribution in [1.29, 1.82) is 0 Å².